The zero-order valence-corrected chi connectivity index (χ0v) is 33.5. The molecule has 3 N–H and O–H groups in total. The molecule has 4 aromatic rings. The molecule has 11 nitrogen and oxygen atoms in total. The van der Waals surface area contributed by atoms with Gasteiger partial charge in [-0.1, -0.05) is 80.6 Å². The second kappa shape index (κ2) is 14.9. The van der Waals surface area contributed by atoms with Gasteiger partial charge in [0.2, 0.25) is 5.69 Å². The molecule has 2 heterocycles. The van der Waals surface area contributed by atoms with Gasteiger partial charge in [0.1, 0.15) is 6.54 Å². The second-order valence-corrected chi connectivity index (χ2v) is 19.5. The molecule has 0 saturated heterocycles. The minimum Gasteiger partial charge on any atom is -0.344 e. The highest BCUT2D eigenvalue weighted by Gasteiger charge is 2.45. The lowest BCUT2D eigenvalue weighted by Gasteiger charge is -2.27. The van der Waals surface area contributed by atoms with E-state index in [1.165, 1.54) is 12.1 Å². The topological polar surface area (TPSA) is 169 Å². The fraction of sp³-hybridized carbons (Fsp3) is 0.293. The fourth-order valence-electron chi connectivity index (χ4n) is 8.05. The number of hydrogen-bond donors (Lipinski definition) is 3. The summed E-state index contributed by atoms with van der Waals surface area (Å²) in [7, 11) is -12.7. The van der Waals surface area contributed by atoms with Gasteiger partial charge in [-0.3, -0.25) is 13.7 Å². The monoisotopic (exact) mass is 805 g/mol. The van der Waals surface area contributed by atoms with Gasteiger partial charge >= 0.3 is 0 Å². The number of benzene rings is 4. The number of allylic oxidation sites excluding steroid dienone is 8. The van der Waals surface area contributed by atoms with Crippen LogP contribution in [0.25, 0.3) is 21.5 Å². The van der Waals surface area contributed by atoms with Gasteiger partial charge in [0.25, 0.3) is 30.4 Å². The molecule has 0 saturated carbocycles. The molecule has 290 valence electrons. The van der Waals surface area contributed by atoms with Crippen LogP contribution in [0.1, 0.15) is 51.7 Å². The highest BCUT2D eigenvalue weighted by atomic mass is 32.2. The smallest absolute Gasteiger partial charge is 0.294 e. The fourth-order valence-corrected chi connectivity index (χ4v) is 9.55. The second-order valence-electron chi connectivity index (χ2n) is 14.9. The van der Waals surface area contributed by atoms with E-state index < -0.39 is 46.9 Å². The summed E-state index contributed by atoms with van der Waals surface area (Å²) in [6.45, 7) is 9.07. The van der Waals surface area contributed by atoms with Crippen LogP contribution in [0.5, 0.6) is 0 Å². The SMILES string of the molecule is CC1(C)C(=CC=CC=CC=CC2=[N+](CCCS(=O)(=O)O)c3ccc4ccccc4c3C2(C)C)N(CCCS(=O)(=O)O)c2ccc3cc(S(=O)(=O)O)ccc3c21. The number of rotatable bonds is 13. The summed E-state index contributed by atoms with van der Waals surface area (Å²) in [5, 5.41) is 3.66. The zero-order valence-electron chi connectivity index (χ0n) is 31.0. The first-order valence-corrected chi connectivity index (χ1v) is 22.5. The maximum atomic E-state index is 11.8. The lowest BCUT2D eigenvalue weighted by atomic mass is 9.79. The maximum absolute atomic E-state index is 11.8. The number of nitrogens with zero attached hydrogens (tertiary/aromatic N) is 2. The van der Waals surface area contributed by atoms with Crippen LogP contribution in [-0.4, -0.2) is 73.8 Å². The average molecular weight is 806 g/mol. The Labute approximate surface area is 322 Å². The first-order chi connectivity index (χ1) is 25.7. The number of anilines is 1. The van der Waals surface area contributed by atoms with E-state index in [4.69, 9.17) is 0 Å². The van der Waals surface area contributed by atoms with Crippen molar-refractivity contribution in [3.63, 3.8) is 0 Å². The van der Waals surface area contributed by atoms with Crippen molar-refractivity contribution in [3.05, 3.63) is 126 Å². The summed E-state index contributed by atoms with van der Waals surface area (Å²) in [6.07, 6.45) is 13.9. The van der Waals surface area contributed by atoms with E-state index in [0.29, 0.717) is 18.5 Å². The summed E-state index contributed by atoms with van der Waals surface area (Å²) in [6, 6.07) is 20.4. The van der Waals surface area contributed by atoms with E-state index in [-0.39, 0.29) is 23.5 Å². The molecule has 0 unspecified atom stereocenters. The molecule has 4 aromatic carbocycles. The third kappa shape index (κ3) is 8.39. The third-order valence-electron chi connectivity index (χ3n) is 10.4. The van der Waals surface area contributed by atoms with Crippen LogP contribution in [0.2, 0.25) is 0 Å². The van der Waals surface area contributed by atoms with Crippen molar-refractivity contribution in [2.24, 2.45) is 0 Å². The molecular weight excluding hydrogens is 761 g/mol. The number of fused-ring (bicyclic) bond motifs is 6. The molecule has 0 fully saturated rings. The largest absolute Gasteiger partial charge is 0.344 e. The molecule has 0 bridgehead atoms. The van der Waals surface area contributed by atoms with Crippen LogP contribution in [0.3, 0.4) is 0 Å². The summed E-state index contributed by atoms with van der Waals surface area (Å²) in [4.78, 5) is 1.81. The molecule has 0 radical (unpaired) electrons. The average Bonchev–Trinajstić information content (AvgIpc) is 3.44. The highest BCUT2D eigenvalue weighted by Crippen LogP contribution is 2.51. The predicted octanol–water partition coefficient (Wildman–Crippen LogP) is 7.52. The van der Waals surface area contributed by atoms with Gasteiger partial charge < -0.3 is 4.90 Å². The standard InChI is InChI=1S/C41H44N2O9S3/c1-40(2)36(42(24-12-26-53(44,45)46)34-22-18-29-14-10-11-15-32(29)38(34)40)16-8-6-5-7-9-17-37-41(3,4)39-33-21-20-31(55(50,51)52)28-30(33)19-23-35(39)43(37)25-13-27-54(47,48)49/h5-11,14-23,28H,12-13,24-27H2,1-4H3,(H2-,44,45,46,47,48,49,50,51,52)/p+1. The Hall–Kier alpha value is -4.44. The van der Waals surface area contributed by atoms with E-state index in [1.807, 2.05) is 79.5 Å². The maximum Gasteiger partial charge on any atom is 0.294 e. The molecule has 0 amide bonds. The lowest BCUT2D eigenvalue weighted by Crippen LogP contribution is -2.28. The van der Waals surface area contributed by atoms with Crippen LogP contribution in [0, 0.1) is 0 Å². The Kier molecular flexibility index (Phi) is 10.9. The third-order valence-corrected chi connectivity index (χ3v) is 12.8. The summed E-state index contributed by atoms with van der Waals surface area (Å²) < 4.78 is 100. The predicted molar refractivity (Wildman–Crippen MR) is 218 cm³/mol. The Morgan fingerprint density at radius 2 is 1.31 bits per heavy atom. The highest BCUT2D eigenvalue weighted by molar-refractivity contribution is 7.86. The Balaban J connectivity index is 1.30. The van der Waals surface area contributed by atoms with Crippen molar-refractivity contribution in [2.75, 3.05) is 29.5 Å². The summed E-state index contributed by atoms with van der Waals surface area (Å²) >= 11 is 0. The minimum absolute atomic E-state index is 0.168. The first kappa shape index (κ1) is 40.2. The Morgan fingerprint density at radius 3 is 2.02 bits per heavy atom. The molecule has 6 rings (SSSR count). The van der Waals surface area contributed by atoms with Crippen molar-refractivity contribution < 1.29 is 43.5 Å². The molecule has 0 atom stereocenters. The van der Waals surface area contributed by atoms with Gasteiger partial charge in [0, 0.05) is 47.5 Å². The summed E-state index contributed by atoms with van der Waals surface area (Å²) in [5.41, 5.74) is 4.77. The van der Waals surface area contributed by atoms with Gasteiger partial charge in [-0.15, -0.1) is 0 Å². The van der Waals surface area contributed by atoms with Crippen molar-refractivity contribution in [1.29, 1.82) is 0 Å². The molecule has 14 heteroatoms. The van der Waals surface area contributed by atoms with Gasteiger partial charge in [0.15, 0.2) is 5.71 Å². The zero-order chi connectivity index (χ0) is 40.0. The van der Waals surface area contributed by atoms with Gasteiger partial charge in [-0.05, 0) is 77.7 Å². The van der Waals surface area contributed by atoms with E-state index >= 15 is 0 Å². The quantitative estimate of drug-likeness (QED) is 0.0698. The number of hydrogen-bond acceptors (Lipinski definition) is 7. The molecule has 55 heavy (non-hydrogen) atoms. The van der Waals surface area contributed by atoms with Gasteiger partial charge in [0.05, 0.1) is 21.8 Å². The van der Waals surface area contributed by atoms with Crippen LogP contribution in [0.4, 0.5) is 11.4 Å². The van der Waals surface area contributed by atoms with Crippen LogP contribution in [0.15, 0.2) is 120 Å². The van der Waals surface area contributed by atoms with Gasteiger partial charge in [-0.25, -0.2) is 0 Å². The first-order valence-electron chi connectivity index (χ1n) is 17.8. The van der Waals surface area contributed by atoms with E-state index in [0.717, 1.165) is 50.1 Å². The van der Waals surface area contributed by atoms with E-state index in [9.17, 15) is 38.9 Å². The molecule has 0 spiro atoms. The normalized spacial score (nSPS) is 17.9. The summed E-state index contributed by atoms with van der Waals surface area (Å²) in [5.74, 6) is -0.743. The lowest BCUT2D eigenvalue weighted by molar-refractivity contribution is -0.437. The van der Waals surface area contributed by atoms with Crippen molar-refractivity contribution in [1.82, 2.24) is 0 Å². The van der Waals surface area contributed by atoms with Gasteiger partial charge in [-0.2, -0.15) is 29.8 Å². The molecule has 0 aliphatic carbocycles. The van der Waals surface area contributed by atoms with Crippen LogP contribution >= 0.6 is 0 Å². The van der Waals surface area contributed by atoms with E-state index in [1.54, 1.807) is 12.1 Å². The van der Waals surface area contributed by atoms with Crippen molar-refractivity contribution >= 4 is 69.0 Å². The van der Waals surface area contributed by atoms with Crippen molar-refractivity contribution in [3.8, 4) is 0 Å². The Morgan fingerprint density at radius 1 is 0.673 bits per heavy atom. The van der Waals surface area contributed by atoms with E-state index in [2.05, 4.69) is 42.7 Å². The molecule has 0 aromatic heterocycles. The molecule has 2 aliphatic rings. The van der Waals surface area contributed by atoms with Crippen molar-refractivity contribution in [2.45, 2.75) is 56.3 Å². The van der Waals surface area contributed by atoms with Crippen LogP contribution < -0.4 is 4.90 Å². The van der Waals surface area contributed by atoms with Crippen LogP contribution in [-0.2, 0) is 41.2 Å². The minimum atomic E-state index is -4.40. The Bertz CT molecular complexity index is 2690. The molecule has 2 aliphatic heterocycles. The molecular formula is C41H45N2O9S3+.